The van der Waals surface area contributed by atoms with Crippen LogP contribution in [0.15, 0.2) is 12.3 Å². The molecule has 5 nitrogen and oxygen atoms in total. The zero-order valence-corrected chi connectivity index (χ0v) is 9.95. The van der Waals surface area contributed by atoms with Crippen molar-refractivity contribution in [3.8, 4) is 0 Å². The molecule has 0 saturated heterocycles. The number of hydrogen-bond donors (Lipinski definition) is 2. The van der Waals surface area contributed by atoms with Crippen molar-refractivity contribution in [3.05, 3.63) is 18.0 Å². The Balaban J connectivity index is 2.50. The van der Waals surface area contributed by atoms with Gasteiger partial charge >= 0.3 is 0 Å². The third-order valence-corrected chi connectivity index (χ3v) is 2.08. The fourth-order valence-electron chi connectivity index (χ4n) is 1.18. The van der Waals surface area contributed by atoms with Gasteiger partial charge in [0.25, 0.3) is 0 Å². The Morgan fingerprint density at radius 3 is 2.94 bits per heavy atom. The fourth-order valence-corrected chi connectivity index (χ4v) is 1.18. The highest BCUT2D eigenvalue weighted by molar-refractivity contribution is 5.83. The van der Waals surface area contributed by atoms with Gasteiger partial charge in [-0.25, -0.2) is 9.97 Å². The number of amides is 1. The number of nitrogens with one attached hydrogen (secondary N) is 2. The van der Waals surface area contributed by atoms with Gasteiger partial charge in [0.1, 0.15) is 6.04 Å². The predicted octanol–water partition coefficient (Wildman–Crippen LogP) is 1.11. The summed E-state index contributed by atoms with van der Waals surface area (Å²) in [7, 11) is 0. The minimum Gasteiger partial charge on any atom is -0.354 e. The summed E-state index contributed by atoms with van der Waals surface area (Å²) in [6.07, 6.45) is 2.60. The van der Waals surface area contributed by atoms with E-state index < -0.39 is 0 Å². The summed E-state index contributed by atoms with van der Waals surface area (Å²) in [4.78, 5) is 19.8. The lowest BCUT2D eigenvalue weighted by Crippen LogP contribution is -2.38. The van der Waals surface area contributed by atoms with E-state index in [0.29, 0.717) is 12.5 Å². The van der Waals surface area contributed by atoms with E-state index in [1.54, 1.807) is 13.1 Å². The van der Waals surface area contributed by atoms with Crippen molar-refractivity contribution in [2.24, 2.45) is 0 Å². The van der Waals surface area contributed by atoms with Crippen molar-refractivity contribution in [1.82, 2.24) is 15.3 Å². The molecule has 2 N–H and O–H groups in total. The second-order valence-corrected chi connectivity index (χ2v) is 3.68. The lowest BCUT2D eigenvalue weighted by molar-refractivity contribution is -0.121. The summed E-state index contributed by atoms with van der Waals surface area (Å²) in [6.45, 7) is 6.38. The maximum atomic E-state index is 11.6. The van der Waals surface area contributed by atoms with E-state index in [-0.39, 0.29) is 11.9 Å². The van der Waals surface area contributed by atoms with Gasteiger partial charge in [-0.1, -0.05) is 6.92 Å². The first-order valence-corrected chi connectivity index (χ1v) is 5.47. The molecule has 1 heterocycles. The molecule has 16 heavy (non-hydrogen) atoms. The number of anilines is 1. The molecule has 0 bridgehead atoms. The minimum absolute atomic E-state index is 0.0352. The van der Waals surface area contributed by atoms with Crippen LogP contribution in [0.4, 0.5) is 5.95 Å². The first kappa shape index (κ1) is 12.4. The number of hydrogen-bond acceptors (Lipinski definition) is 4. The zero-order valence-electron chi connectivity index (χ0n) is 9.95. The summed E-state index contributed by atoms with van der Waals surface area (Å²) < 4.78 is 0. The summed E-state index contributed by atoms with van der Waals surface area (Å²) in [6, 6.07) is 1.49. The molecule has 0 aliphatic heterocycles. The summed E-state index contributed by atoms with van der Waals surface area (Å²) in [5.74, 6) is 0.450. The van der Waals surface area contributed by atoms with Gasteiger partial charge in [0, 0.05) is 18.4 Å². The van der Waals surface area contributed by atoms with Crippen LogP contribution in [0.5, 0.6) is 0 Å². The Morgan fingerprint density at radius 1 is 1.56 bits per heavy atom. The molecule has 1 rings (SSSR count). The summed E-state index contributed by atoms with van der Waals surface area (Å²) in [5.41, 5.74) is 0.874. The molecule has 0 aromatic carbocycles. The molecule has 1 atom stereocenters. The lowest BCUT2D eigenvalue weighted by atomic mass is 10.3. The predicted molar refractivity (Wildman–Crippen MR) is 63.2 cm³/mol. The smallest absolute Gasteiger partial charge is 0.242 e. The van der Waals surface area contributed by atoms with Gasteiger partial charge in [0.15, 0.2) is 0 Å². The molecule has 0 aliphatic carbocycles. The van der Waals surface area contributed by atoms with Crippen LogP contribution in [0.3, 0.4) is 0 Å². The molecule has 0 aliphatic rings. The van der Waals surface area contributed by atoms with E-state index in [0.717, 1.165) is 12.1 Å². The van der Waals surface area contributed by atoms with Gasteiger partial charge in [-0.05, 0) is 26.3 Å². The van der Waals surface area contributed by atoms with Crippen LogP contribution in [-0.2, 0) is 4.79 Å². The minimum atomic E-state index is -0.326. The van der Waals surface area contributed by atoms with E-state index in [2.05, 4.69) is 20.6 Å². The van der Waals surface area contributed by atoms with Crippen LogP contribution in [0, 0.1) is 6.92 Å². The Kier molecular flexibility index (Phi) is 4.69. The van der Waals surface area contributed by atoms with Crippen molar-refractivity contribution >= 4 is 11.9 Å². The second-order valence-electron chi connectivity index (χ2n) is 3.68. The Labute approximate surface area is 95.7 Å². The van der Waals surface area contributed by atoms with Crippen LogP contribution < -0.4 is 10.6 Å². The SMILES string of the molecule is CCCNC(=O)C(C)Nc1nccc(C)n1. The van der Waals surface area contributed by atoms with Gasteiger partial charge in [0.2, 0.25) is 11.9 Å². The van der Waals surface area contributed by atoms with Gasteiger partial charge < -0.3 is 10.6 Å². The number of carbonyl (C=O) groups is 1. The standard InChI is InChI=1S/C11H18N4O/c1-4-6-12-10(16)9(3)15-11-13-7-5-8(2)14-11/h5,7,9H,4,6H2,1-3H3,(H,12,16)(H,13,14,15). The highest BCUT2D eigenvalue weighted by Crippen LogP contribution is 2.01. The number of carbonyl (C=O) groups excluding carboxylic acids is 1. The third-order valence-electron chi connectivity index (χ3n) is 2.08. The number of aryl methyl sites for hydroxylation is 1. The van der Waals surface area contributed by atoms with Crippen molar-refractivity contribution in [2.45, 2.75) is 33.2 Å². The molecule has 0 radical (unpaired) electrons. The molecule has 0 fully saturated rings. The van der Waals surface area contributed by atoms with Crippen LogP contribution in [-0.4, -0.2) is 28.5 Å². The first-order valence-electron chi connectivity index (χ1n) is 5.47. The van der Waals surface area contributed by atoms with Crippen molar-refractivity contribution in [1.29, 1.82) is 0 Å². The van der Waals surface area contributed by atoms with Crippen LogP contribution >= 0.6 is 0 Å². The van der Waals surface area contributed by atoms with Gasteiger partial charge in [-0.3, -0.25) is 4.79 Å². The summed E-state index contributed by atoms with van der Waals surface area (Å²) >= 11 is 0. The van der Waals surface area contributed by atoms with Crippen LogP contribution in [0.25, 0.3) is 0 Å². The topological polar surface area (TPSA) is 66.9 Å². The van der Waals surface area contributed by atoms with Crippen molar-refractivity contribution in [2.75, 3.05) is 11.9 Å². The Morgan fingerprint density at radius 2 is 2.31 bits per heavy atom. The van der Waals surface area contributed by atoms with E-state index in [1.807, 2.05) is 19.9 Å². The van der Waals surface area contributed by atoms with Crippen LogP contribution in [0.1, 0.15) is 26.0 Å². The summed E-state index contributed by atoms with van der Waals surface area (Å²) in [5, 5.41) is 5.77. The van der Waals surface area contributed by atoms with Gasteiger partial charge in [0.05, 0.1) is 0 Å². The van der Waals surface area contributed by atoms with Crippen molar-refractivity contribution in [3.63, 3.8) is 0 Å². The fraction of sp³-hybridized carbons (Fsp3) is 0.545. The van der Waals surface area contributed by atoms with E-state index in [9.17, 15) is 4.79 Å². The van der Waals surface area contributed by atoms with E-state index in [4.69, 9.17) is 0 Å². The second kappa shape index (κ2) is 6.05. The number of nitrogens with zero attached hydrogens (tertiary/aromatic N) is 2. The van der Waals surface area contributed by atoms with Gasteiger partial charge in [-0.2, -0.15) is 0 Å². The quantitative estimate of drug-likeness (QED) is 0.783. The van der Waals surface area contributed by atoms with E-state index in [1.165, 1.54) is 0 Å². The molecule has 1 aromatic heterocycles. The number of aromatic nitrogens is 2. The molecule has 0 saturated carbocycles. The maximum absolute atomic E-state index is 11.6. The normalized spacial score (nSPS) is 11.9. The molecule has 1 unspecified atom stereocenters. The number of rotatable bonds is 5. The lowest BCUT2D eigenvalue weighted by Gasteiger charge is -2.13. The average Bonchev–Trinajstić information content (AvgIpc) is 2.25. The molecule has 1 amide bonds. The molecule has 88 valence electrons. The van der Waals surface area contributed by atoms with Crippen LogP contribution in [0.2, 0.25) is 0 Å². The first-order chi connectivity index (χ1) is 7.63. The van der Waals surface area contributed by atoms with Crippen molar-refractivity contribution < 1.29 is 4.79 Å². The maximum Gasteiger partial charge on any atom is 0.242 e. The molecular weight excluding hydrogens is 204 g/mol. The monoisotopic (exact) mass is 222 g/mol. The highest BCUT2D eigenvalue weighted by atomic mass is 16.2. The molecular formula is C11H18N4O. The third kappa shape index (κ3) is 3.84. The Hall–Kier alpha value is -1.65. The average molecular weight is 222 g/mol. The molecule has 1 aromatic rings. The van der Waals surface area contributed by atoms with E-state index >= 15 is 0 Å². The molecule has 0 spiro atoms. The van der Waals surface area contributed by atoms with Gasteiger partial charge in [-0.15, -0.1) is 0 Å². The Bertz CT molecular complexity index is 354. The molecule has 5 heteroatoms. The zero-order chi connectivity index (χ0) is 12.0. The largest absolute Gasteiger partial charge is 0.354 e. The highest BCUT2D eigenvalue weighted by Gasteiger charge is 2.12.